The minimum absolute atomic E-state index is 0.361. The van der Waals surface area contributed by atoms with E-state index in [1.165, 1.54) is 0 Å². The fourth-order valence-electron chi connectivity index (χ4n) is 2.81. The molecule has 1 aliphatic heterocycles. The SMILES string of the molecule is CC1(C)CC(NC(=O)C(F)(F)C(F)F)CC(C)(C)N1. The highest BCUT2D eigenvalue weighted by Crippen LogP contribution is 2.30. The van der Waals surface area contributed by atoms with E-state index >= 15 is 0 Å². The predicted molar refractivity (Wildman–Crippen MR) is 63.4 cm³/mol. The van der Waals surface area contributed by atoms with Gasteiger partial charge >= 0.3 is 12.3 Å². The van der Waals surface area contributed by atoms with Crippen LogP contribution in [0.2, 0.25) is 0 Å². The zero-order chi connectivity index (χ0) is 15.1. The topological polar surface area (TPSA) is 41.1 Å². The fourth-order valence-corrected chi connectivity index (χ4v) is 2.81. The maximum Gasteiger partial charge on any atom is 0.383 e. The fraction of sp³-hybridized carbons (Fsp3) is 0.917. The highest BCUT2D eigenvalue weighted by Gasteiger charge is 2.50. The van der Waals surface area contributed by atoms with E-state index in [-0.39, 0.29) is 11.1 Å². The van der Waals surface area contributed by atoms with E-state index < -0.39 is 24.3 Å². The summed E-state index contributed by atoms with van der Waals surface area (Å²) >= 11 is 0. The van der Waals surface area contributed by atoms with Gasteiger partial charge in [0, 0.05) is 17.1 Å². The van der Waals surface area contributed by atoms with Gasteiger partial charge in [0.1, 0.15) is 0 Å². The first kappa shape index (κ1) is 16.2. The molecule has 19 heavy (non-hydrogen) atoms. The third kappa shape index (κ3) is 4.06. The molecule has 1 rings (SSSR count). The first-order chi connectivity index (χ1) is 8.36. The van der Waals surface area contributed by atoms with Gasteiger partial charge in [-0.25, -0.2) is 8.78 Å². The Labute approximate surface area is 110 Å². The molecule has 0 radical (unpaired) electrons. The van der Waals surface area contributed by atoms with Gasteiger partial charge in [0.15, 0.2) is 0 Å². The lowest BCUT2D eigenvalue weighted by atomic mass is 9.79. The second-order valence-electron chi connectivity index (χ2n) is 6.40. The molecule has 7 heteroatoms. The molecular formula is C12H20F4N2O. The van der Waals surface area contributed by atoms with Gasteiger partial charge in [-0.1, -0.05) is 0 Å². The van der Waals surface area contributed by atoms with E-state index in [1.807, 2.05) is 33.0 Å². The number of rotatable bonds is 3. The lowest BCUT2D eigenvalue weighted by Gasteiger charge is -2.46. The molecule has 1 fully saturated rings. The molecule has 0 saturated carbocycles. The Bertz CT molecular complexity index is 340. The molecule has 0 spiro atoms. The molecule has 0 atom stereocenters. The minimum Gasteiger partial charge on any atom is -0.348 e. The average Bonchev–Trinajstić information content (AvgIpc) is 2.11. The molecule has 2 N–H and O–H groups in total. The van der Waals surface area contributed by atoms with E-state index in [2.05, 4.69) is 5.32 Å². The monoisotopic (exact) mass is 284 g/mol. The summed E-state index contributed by atoms with van der Waals surface area (Å²) < 4.78 is 50.0. The third-order valence-corrected chi connectivity index (χ3v) is 3.10. The van der Waals surface area contributed by atoms with Gasteiger partial charge < -0.3 is 10.6 Å². The number of piperidine rings is 1. The van der Waals surface area contributed by atoms with Crippen molar-refractivity contribution in [3.63, 3.8) is 0 Å². The zero-order valence-corrected chi connectivity index (χ0v) is 11.5. The Morgan fingerprint density at radius 2 is 1.63 bits per heavy atom. The Morgan fingerprint density at radius 1 is 1.21 bits per heavy atom. The summed E-state index contributed by atoms with van der Waals surface area (Å²) in [6, 6.07) is -0.552. The van der Waals surface area contributed by atoms with Crippen LogP contribution in [0.1, 0.15) is 40.5 Å². The first-order valence-electron chi connectivity index (χ1n) is 6.12. The number of carbonyl (C=O) groups is 1. The van der Waals surface area contributed by atoms with Crippen molar-refractivity contribution >= 4 is 5.91 Å². The summed E-state index contributed by atoms with van der Waals surface area (Å²) in [6.45, 7) is 7.49. The van der Waals surface area contributed by atoms with Crippen molar-refractivity contribution in [2.24, 2.45) is 0 Å². The van der Waals surface area contributed by atoms with Gasteiger partial charge in [0.05, 0.1) is 0 Å². The Morgan fingerprint density at radius 3 is 2.00 bits per heavy atom. The van der Waals surface area contributed by atoms with Crippen molar-refractivity contribution in [1.29, 1.82) is 0 Å². The molecule has 0 unspecified atom stereocenters. The Hall–Kier alpha value is -0.850. The van der Waals surface area contributed by atoms with E-state index in [9.17, 15) is 22.4 Å². The Kier molecular flexibility index (Phi) is 4.20. The summed E-state index contributed by atoms with van der Waals surface area (Å²) in [5.74, 6) is -6.54. The quantitative estimate of drug-likeness (QED) is 0.781. The number of hydrogen-bond donors (Lipinski definition) is 2. The van der Waals surface area contributed by atoms with Crippen LogP contribution in [0.3, 0.4) is 0 Å². The van der Waals surface area contributed by atoms with Crippen LogP contribution in [0.25, 0.3) is 0 Å². The van der Waals surface area contributed by atoms with Crippen molar-refractivity contribution in [2.45, 2.75) is 70.0 Å². The van der Waals surface area contributed by atoms with Crippen molar-refractivity contribution in [3.05, 3.63) is 0 Å². The largest absolute Gasteiger partial charge is 0.383 e. The number of carbonyl (C=O) groups excluding carboxylic acids is 1. The van der Waals surface area contributed by atoms with Gasteiger partial charge in [-0.15, -0.1) is 0 Å². The van der Waals surface area contributed by atoms with Crippen molar-refractivity contribution in [1.82, 2.24) is 10.6 Å². The smallest absolute Gasteiger partial charge is 0.348 e. The third-order valence-electron chi connectivity index (χ3n) is 3.10. The maximum atomic E-state index is 12.9. The van der Waals surface area contributed by atoms with Gasteiger partial charge in [0.25, 0.3) is 5.91 Å². The molecule has 0 bridgehead atoms. The van der Waals surface area contributed by atoms with Crippen LogP contribution in [-0.4, -0.2) is 35.4 Å². The lowest BCUT2D eigenvalue weighted by molar-refractivity contribution is -0.170. The van der Waals surface area contributed by atoms with Gasteiger partial charge in [-0.05, 0) is 40.5 Å². The molecule has 1 amide bonds. The van der Waals surface area contributed by atoms with Crippen LogP contribution in [0.5, 0.6) is 0 Å². The highest BCUT2D eigenvalue weighted by atomic mass is 19.3. The Balaban J connectivity index is 2.75. The molecule has 0 aliphatic carbocycles. The molecule has 1 aliphatic rings. The van der Waals surface area contributed by atoms with Crippen molar-refractivity contribution in [3.8, 4) is 0 Å². The van der Waals surface area contributed by atoms with E-state index in [1.54, 1.807) is 0 Å². The van der Waals surface area contributed by atoms with Gasteiger partial charge in [0.2, 0.25) is 0 Å². The van der Waals surface area contributed by atoms with Crippen LogP contribution >= 0.6 is 0 Å². The molecule has 112 valence electrons. The average molecular weight is 284 g/mol. The number of amides is 1. The molecule has 1 saturated heterocycles. The van der Waals surface area contributed by atoms with Crippen molar-refractivity contribution < 1.29 is 22.4 Å². The molecule has 3 nitrogen and oxygen atoms in total. The minimum atomic E-state index is -4.64. The van der Waals surface area contributed by atoms with Crippen molar-refractivity contribution in [2.75, 3.05) is 0 Å². The normalized spacial score (nSPS) is 23.4. The van der Waals surface area contributed by atoms with Crippen LogP contribution in [0.15, 0.2) is 0 Å². The second-order valence-corrected chi connectivity index (χ2v) is 6.40. The maximum absolute atomic E-state index is 12.9. The van der Waals surface area contributed by atoms with E-state index in [0.29, 0.717) is 12.8 Å². The summed E-state index contributed by atoms with van der Waals surface area (Å²) in [5.41, 5.74) is -0.723. The lowest BCUT2D eigenvalue weighted by Crippen LogP contribution is -2.63. The zero-order valence-electron chi connectivity index (χ0n) is 11.5. The van der Waals surface area contributed by atoms with E-state index in [4.69, 9.17) is 0 Å². The number of hydrogen-bond acceptors (Lipinski definition) is 2. The molecule has 0 aromatic rings. The summed E-state index contributed by atoms with van der Waals surface area (Å²) in [4.78, 5) is 11.2. The first-order valence-corrected chi connectivity index (χ1v) is 6.12. The predicted octanol–water partition coefficient (Wildman–Crippen LogP) is 2.31. The molecular weight excluding hydrogens is 264 g/mol. The molecule has 0 aromatic heterocycles. The summed E-state index contributed by atoms with van der Waals surface area (Å²) in [6.07, 6.45) is -3.18. The second kappa shape index (κ2) is 4.92. The van der Waals surface area contributed by atoms with Gasteiger partial charge in [-0.3, -0.25) is 4.79 Å². The number of halogens is 4. The van der Waals surface area contributed by atoms with Gasteiger partial charge in [-0.2, -0.15) is 8.78 Å². The number of alkyl halides is 4. The van der Waals surface area contributed by atoms with E-state index in [0.717, 1.165) is 0 Å². The van der Waals surface area contributed by atoms with Crippen LogP contribution in [0.4, 0.5) is 17.6 Å². The standard InChI is InChI=1S/C12H20F4N2O/c1-10(2)5-7(6-11(3,4)18-10)17-9(19)12(15,16)8(13)14/h7-8,18H,5-6H2,1-4H3,(H,17,19). The van der Waals surface area contributed by atoms with Crippen LogP contribution < -0.4 is 10.6 Å². The van der Waals surface area contributed by atoms with Crippen LogP contribution in [-0.2, 0) is 4.79 Å². The number of nitrogens with one attached hydrogen (secondary N) is 2. The van der Waals surface area contributed by atoms with Crippen LogP contribution in [0, 0.1) is 0 Å². The molecule has 0 aromatic carbocycles. The summed E-state index contributed by atoms with van der Waals surface area (Å²) in [5, 5.41) is 5.35. The molecule has 1 heterocycles. The highest BCUT2D eigenvalue weighted by molar-refractivity contribution is 5.84. The summed E-state index contributed by atoms with van der Waals surface area (Å²) in [7, 11) is 0.